The van der Waals surface area contributed by atoms with Crippen molar-refractivity contribution in [2.45, 2.75) is 11.8 Å². The summed E-state index contributed by atoms with van der Waals surface area (Å²) in [5.41, 5.74) is 5.81. The Morgan fingerprint density at radius 2 is 2.23 bits per heavy atom. The van der Waals surface area contributed by atoms with Crippen molar-refractivity contribution in [2.75, 3.05) is 5.73 Å². The van der Waals surface area contributed by atoms with Crippen LogP contribution in [-0.4, -0.2) is 4.98 Å². The van der Waals surface area contributed by atoms with Gasteiger partial charge in [0.1, 0.15) is 5.15 Å². The van der Waals surface area contributed by atoms with Gasteiger partial charge in [0, 0.05) is 5.33 Å². The molecule has 1 rings (SSSR count). The van der Waals surface area contributed by atoms with E-state index < -0.39 is 6.43 Å². The second-order valence-corrected chi connectivity index (χ2v) is 3.26. The lowest BCUT2D eigenvalue weighted by Gasteiger charge is -2.06. The van der Waals surface area contributed by atoms with E-state index in [4.69, 9.17) is 17.3 Å². The number of pyridine rings is 1. The molecule has 0 saturated carbocycles. The topological polar surface area (TPSA) is 38.9 Å². The van der Waals surface area contributed by atoms with Gasteiger partial charge in [0.2, 0.25) is 0 Å². The summed E-state index contributed by atoms with van der Waals surface area (Å²) in [6.07, 6.45) is -2.65. The summed E-state index contributed by atoms with van der Waals surface area (Å²) in [7, 11) is 0. The van der Waals surface area contributed by atoms with Crippen LogP contribution in [-0.2, 0) is 5.33 Å². The van der Waals surface area contributed by atoms with Gasteiger partial charge in [0.15, 0.2) is 0 Å². The normalized spacial score (nSPS) is 10.8. The summed E-state index contributed by atoms with van der Waals surface area (Å²) < 4.78 is 24.5. The molecule has 0 unspecified atom stereocenters. The summed E-state index contributed by atoms with van der Waals surface area (Å²) >= 11 is 8.62. The fourth-order valence-electron chi connectivity index (χ4n) is 0.818. The fraction of sp³-hybridized carbons (Fsp3) is 0.286. The van der Waals surface area contributed by atoms with Crippen LogP contribution in [0.25, 0.3) is 0 Å². The van der Waals surface area contributed by atoms with E-state index in [9.17, 15) is 8.78 Å². The number of nitrogens with zero attached hydrogens (tertiary/aromatic N) is 1. The largest absolute Gasteiger partial charge is 0.397 e. The number of alkyl halides is 3. The highest BCUT2D eigenvalue weighted by molar-refractivity contribution is 9.08. The van der Waals surface area contributed by atoms with Crippen LogP contribution in [0.5, 0.6) is 0 Å². The van der Waals surface area contributed by atoms with E-state index in [1.165, 1.54) is 0 Å². The van der Waals surface area contributed by atoms with Crippen LogP contribution < -0.4 is 5.73 Å². The zero-order valence-corrected chi connectivity index (χ0v) is 8.74. The second kappa shape index (κ2) is 4.19. The SMILES string of the molecule is Nc1cc(C(F)F)c(Cl)nc1CBr. The molecule has 0 spiro atoms. The molecule has 0 amide bonds. The maximum absolute atomic E-state index is 12.3. The number of anilines is 1. The van der Waals surface area contributed by atoms with Crippen LogP contribution >= 0.6 is 27.5 Å². The highest BCUT2D eigenvalue weighted by Gasteiger charge is 2.15. The predicted molar refractivity (Wildman–Crippen MR) is 51.2 cm³/mol. The van der Waals surface area contributed by atoms with Crippen molar-refractivity contribution in [3.63, 3.8) is 0 Å². The first-order valence-electron chi connectivity index (χ1n) is 3.35. The van der Waals surface area contributed by atoms with Crippen molar-refractivity contribution >= 4 is 33.2 Å². The Morgan fingerprint density at radius 1 is 1.62 bits per heavy atom. The average molecular weight is 271 g/mol. The summed E-state index contributed by atoms with van der Waals surface area (Å²) in [5, 5.41) is 0.195. The Bertz CT molecular complexity index is 320. The van der Waals surface area contributed by atoms with E-state index >= 15 is 0 Å². The highest BCUT2D eigenvalue weighted by atomic mass is 79.9. The molecule has 13 heavy (non-hydrogen) atoms. The monoisotopic (exact) mass is 270 g/mol. The van der Waals surface area contributed by atoms with Crippen LogP contribution in [0, 0.1) is 0 Å². The Labute approximate surface area is 87.2 Å². The molecular weight excluding hydrogens is 265 g/mol. The van der Waals surface area contributed by atoms with Crippen LogP contribution in [0.15, 0.2) is 6.07 Å². The molecule has 1 aromatic heterocycles. The van der Waals surface area contributed by atoms with Crippen molar-refractivity contribution in [1.82, 2.24) is 4.98 Å². The van der Waals surface area contributed by atoms with Gasteiger partial charge in [0.25, 0.3) is 6.43 Å². The first-order chi connectivity index (χ1) is 6.06. The average Bonchev–Trinajstić information content (AvgIpc) is 2.07. The minimum Gasteiger partial charge on any atom is -0.397 e. The summed E-state index contributed by atoms with van der Waals surface area (Å²) in [4.78, 5) is 3.73. The van der Waals surface area contributed by atoms with E-state index in [2.05, 4.69) is 20.9 Å². The van der Waals surface area contributed by atoms with Gasteiger partial charge in [0.05, 0.1) is 16.9 Å². The van der Waals surface area contributed by atoms with Crippen molar-refractivity contribution in [3.05, 3.63) is 22.5 Å². The molecular formula is C7H6BrClF2N2. The minimum atomic E-state index is -2.65. The van der Waals surface area contributed by atoms with Gasteiger partial charge >= 0.3 is 0 Å². The second-order valence-electron chi connectivity index (χ2n) is 2.34. The van der Waals surface area contributed by atoms with E-state index in [0.29, 0.717) is 11.0 Å². The number of nitrogen functional groups attached to an aromatic ring is 1. The predicted octanol–water partition coefficient (Wildman–Crippen LogP) is 3.15. The number of hydrogen-bond acceptors (Lipinski definition) is 2. The third kappa shape index (κ3) is 2.28. The van der Waals surface area contributed by atoms with Crippen LogP contribution in [0.2, 0.25) is 5.15 Å². The highest BCUT2D eigenvalue weighted by Crippen LogP contribution is 2.29. The van der Waals surface area contributed by atoms with Gasteiger partial charge in [-0.25, -0.2) is 13.8 Å². The Hall–Kier alpha value is -0.420. The molecule has 72 valence electrons. The smallest absolute Gasteiger partial charge is 0.266 e. The van der Waals surface area contributed by atoms with Crippen molar-refractivity contribution < 1.29 is 8.78 Å². The number of rotatable bonds is 2. The molecule has 0 fully saturated rings. The van der Waals surface area contributed by atoms with Crippen molar-refractivity contribution in [2.24, 2.45) is 0 Å². The van der Waals surface area contributed by atoms with Crippen LogP contribution in [0.4, 0.5) is 14.5 Å². The number of nitrogens with two attached hydrogens (primary N) is 1. The molecule has 0 radical (unpaired) electrons. The molecule has 0 aromatic carbocycles. The Kier molecular flexibility index (Phi) is 3.44. The lowest BCUT2D eigenvalue weighted by atomic mass is 10.2. The van der Waals surface area contributed by atoms with E-state index in [0.717, 1.165) is 6.07 Å². The summed E-state index contributed by atoms with van der Waals surface area (Å²) in [6.45, 7) is 0. The van der Waals surface area contributed by atoms with Gasteiger partial charge in [-0.15, -0.1) is 0 Å². The van der Waals surface area contributed by atoms with E-state index in [1.54, 1.807) is 0 Å². The summed E-state index contributed by atoms with van der Waals surface area (Å²) in [6, 6.07) is 1.15. The zero-order chi connectivity index (χ0) is 10.0. The third-order valence-electron chi connectivity index (χ3n) is 1.48. The lowest BCUT2D eigenvalue weighted by Crippen LogP contribution is -1.99. The van der Waals surface area contributed by atoms with Crippen molar-refractivity contribution in [1.29, 1.82) is 0 Å². The summed E-state index contributed by atoms with van der Waals surface area (Å²) in [5.74, 6) is 0. The van der Waals surface area contributed by atoms with Gasteiger partial charge < -0.3 is 5.73 Å². The number of aromatic nitrogens is 1. The van der Waals surface area contributed by atoms with Gasteiger partial charge in [-0.1, -0.05) is 27.5 Å². The molecule has 1 heterocycles. The Balaban J connectivity index is 3.20. The molecule has 0 aliphatic rings. The molecule has 0 aliphatic carbocycles. The van der Waals surface area contributed by atoms with Crippen LogP contribution in [0.1, 0.15) is 17.7 Å². The molecule has 0 saturated heterocycles. The number of hydrogen-bond donors (Lipinski definition) is 1. The number of halogens is 4. The first kappa shape index (κ1) is 10.7. The molecule has 0 bridgehead atoms. The minimum absolute atomic E-state index is 0.196. The molecule has 1 aromatic rings. The zero-order valence-electron chi connectivity index (χ0n) is 6.40. The van der Waals surface area contributed by atoms with E-state index in [-0.39, 0.29) is 16.4 Å². The molecule has 6 heteroatoms. The Morgan fingerprint density at radius 3 is 2.69 bits per heavy atom. The standard InChI is InChI=1S/C7H6BrClF2N2/c8-2-5-4(12)1-3(7(10)11)6(9)13-5/h1,7H,2,12H2. The fourth-order valence-corrected chi connectivity index (χ4v) is 1.51. The molecule has 2 N–H and O–H groups in total. The maximum Gasteiger partial charge on any atom is 0.266 e. The van der Waals surface area contributed by atoms with Crippen molar-refractivity contribution in [3.8, 4) is 0 Å². The van der Waals surface area contributed by atoms with Gasteiger partial charge in [-0.2, -0.15) is 0 Å². The van der Waals surface area contributed by atoms with Gasteiger partial charge in [-0.05, 0) is 6.07 Å². The quantitative estimate of drug-likeness (QED) is 0.663. The first-order valence-corrected chi connectivity index (χ1v) is 4.85. The van der Waals surface area contributed by atoms with E-state index in [1.807, 2.05) is 0 Å². The van der Waals surface area contributed by atoms with Gasteiger partial charge in [-0.3, -0.25) is 0 Å². The molecule has 0 atom stereocenters. The third-order valence-corrected chi connectivity index (χ3v) is 2.31. The maximum atomic E-state index is 12.3. The molecule has 2 nitrogen and oxygen atoms in total. The van der Waals surface area contributed by atoms with Crippen LogP contribution in [0.3, 0.4) is 0 Å². The lowest BCUT2D eigenvalue weighted by molar-refractivity contribution is 0.151. The molecule has 0 aliphatic heterocycles.